The number of benzene rings is 1. The number of imidazole rings is 1. The van der Waals surface area contributed by atoms with Gasteiger partial charge in [-0.1, -0.05) is 24.3 Å². The van der Waals surface area contributed by atoms with Gasteiger partial charge in [0.1, 0.15) is 11.5 Å². The van der Waals surface area contributed by atoms with E-state index in [4.69, 9.17) is 0 Å². The second kappa shape index (κ2) is 7.54. The Labute approximate surface area is 145 Å². The highest BCUT2D eigenvalue weighted by Gasteiger charge is 2.14. The van der Waals surface area contributed by atoms with Crippen molar-refractivity contribution in [2.24, 2.45) is 0 Å². The van der Waals surface area contributed by atoms with E-state index in [0.29, 0.717) is 18.1 Å². The Hall–Kier alpha value is -2.58. The van der Waals surface area contributed by atoms with Crippen molar-refractivity contribution in [3.05, 3.63) is 72.4 Å². The maximum Gasteiger partial charge on any atom is 0.215 e. The van der Waals surface area contributed by atoms with Gasteiger partial charge in [0.25, 0.3) is 0 Å². The Balaban J connectivity index is 1.62. The molecule has 0 aliphatic rings. The van der Waals surface area contributed by atoms with Crippen molar-refractivity contribution < 1.29 is 12.8 Å². The van der Waals surface area contributed by atoms with Crippen LogP contribution < -0.4 is 4.72 Å². The molecule has 8 heteroatoms. The largest absolute Gasteiger partial charge is 0.328 e. The van der Waals surface area contributed by atoms with Crippen LogP contribution in [0.5, 0.6) is 0 Å². The Morgan fingerprint density at radius 2 is 1.84 bits per heavy atom. The van der Waals surface area contributed by atoms with Gasteiger partial charge in [0.2, 0.25) is 10.0 Å². The third-order valence-corrected chi connectivity index (χ3v) is 4.92. The summed E-state index contributed by atoms with van der Waals surface area (Å²) < 4.78 is 42.1. The van der Waals surface area contributed by atoms with Crippen molar-refractivity contribution in [1.29, 1.82) is 0 Å². The van der Waals surface area contributed by atoms with Crippen LogP contribution in [0.3, 0.4) is 0 Å². The predicted octanol–water partition coefficient (Wildman–Crippen LogP) is 2.20. The molecule has 0 atom stereocenters. The molecule has 0 unspecified atom stereocenters. The molecule has 1 aromatic carbocycles. The molecule has 0 fully saturated rings. The zero-order valence-electron chi connectivity index (χ0n) is 13.3. The first-order valence-electron chi connectivity index (χ1n) is 7.68. The molecule has 3 rings (SSSR count). The van der Waals surface area contributed by atoms with Gasteiger partial charge in [-0.05, 0) is 18.2 Å². The highest BCUT2D eigenvalue weighted by molar-refractivity contribution is 7.88. The van der Waals surface area contributed by atoms with Crippen molar-refractivity contribution in [1.82, 2.24) is 19.3 Å². The van der Waals surface area contributed by atoms with Crippen LogP contribution in [0.1, 0.15) is 5.56 Å². The Bertz CT molecular complexity index is 942. The average Bonchev–Trinajstić information content (AvgIpc) is 3.06. The number of nitrogens with zero attached hydrogens (tertiary/aromatic N) is 3. The standard InChI is InChI=1S/C17H17FN4O2S/c18-15-6-2-1-5-14(15)13-25(23,24)21-10-12-22-11-9-20-17(22)16-7-3-4-8-19-16/h1-9,11,21H,10,12-13H2. The maximum absolute atomic E-state index is 13.6. The summed E-state index contributed by atoms with van der Waals surface area (Å²) in [5.74, 6) is -0.259. The second-order valence-corrected chi connectivity index (χ2v) is 7.21. The molecule has 0 bridgehead atoms. The average molecular weight is 360 g/mol. The second-order valence-electron chi connectivity index (χ2n) is 5.40. The molecule has 3 aromatic rings. The van der Waals surface area contributed by atoms with Gasteiger partial charge in [-0.3, -0.25) is 4.98 Å². The van der Waals surface area contributed by atoms with Gasteiger partial charge in [-0.2, -0.15) is 0 Å². The molecule has 0 amide bonds. The quantitative estimate of drug-likeness (QED) is 0.701. The van der Waals surface area contributed by atoms with E-state index in [1.54, 1.807) is 24.7 Å². The molecule has 25 heavy (non-hydrogen) atoms. The fourth-order valence-electron chi connectivity index (χ4n) is 2.41. The molecule has 0 saturated heterocycles. The smallest absolute Gasteiger partial charge is 0.215 e. The van der Waals surface area contributed by atoms with Crippen molar-refractivity contribution in [2.45, 2.75) is 12.3 Å². The van der Waals surface area contributed by atoms with Gasteiger partial charge in [-0.15, -0.1) is 0 Å². The van der Waals surface area contributed by atoms with Gasteiger partial charge in [-0.25, -0.2) is 22.5 Å². The van der Waals surface area contributed by atoms with Crippen LogP contribution in [0.2, 0.25) is 0 Å². The summed E-state index contributed by atoms with van der Waals surface area (Å²) in [5, 5.41) is 0. The van der Waals surface area contributed by atoms with Crippen molar-refractivity contribution >= 4 is 10.0 Å². The van der Waals surface area contributed by atoms with Crippen molar-refractivity contribution in [3.63, 3.8) is 0 Å². The van der Waals surface area contributed by atoms with E-state index in [1.807, 2.05) is 22.8 Å². The molecule has 2 heterocycles. The molecular weight excluding hydrogens is 343 g/mol. The normalized spacial score (nSPS) is 11.6. The first-order chi connectivity index (χ1) is 12.1. The van der Waals surface area contributed by atoms with Crippen LogP contribution in [-0.4, -0.2) is 29.5 Å². The minimum Gasteiger partial charge on any atom is -0.328 e. The lowest BCUT2D eigenvalue weighted by atomic mass is 10.2. The van der Waals surface area contributed by atoms with E-state index in [2.05, 4.69) is 14.7 Å². The van der Waals surface area contributed by atoms with E-state index >= 15 is 0 Å². The maximum atomic E-state index is 13.6. The fourth-order valence-corrected chi connectivity index (χ4v) is 3.56. The van der Waals surface area contributed by atoms with Crippen molar-refractivity contribution in [2.75, 3.05) is 6.54 Å². The van der Waals surface area contributed by atoms with E-state index < -0.39 is 21.6 Å². The number of rotatable bonds is 7. The van der Waals surface area contributed by atoms with Gasteiger partial charge in [0.15, 0.2) is 5.82 Å². The number of pyridine rings is 1. The third kappa shape index (κ3) is 4.49. The topological polar surface area (TPSA) is 76.9 Å². The summed E-state index contributed by atoms with van der Waals surface area (Å²) in [6.45, 7) is 0.565. The van der Waals surface area contributed by atoms with E-state index in [9.17, 15) is 12.8 Å². The predicted molar refractivity (Wildman–Crippen MR) is 92.5 cm³/mol. The molecule has 0 radical (unpaired) electrons. The minimum atomic E-state index is -3.63. The molecule has 0 aliphatic carbocycles. The van der Waals surface area contributed by atoms with Crippen LogP contribution >= 0.6 is 0 Å². The van der Waals surface area contributed by atoms with Gasteiger partial charge >= 0.3 is 0 Å². The molecule has 0 saturated carbocycles. The van der Waals surface area contributed by atoms with E-state index in [1.165, 1.54) is 18.2 Å². The Morgan fingerprint density at radius 3 is 2.60 bits per heavy atom. The Kier molecular flexibility index (Phi) is 5.20. The summed E-state index contributed by atoms with van der Waals surface area (Å²) in [7, 11) is -3.63. The lowest BCUT2D eigenvalue weighted by Gasteiger charge is -2.10. The molecule has 0 spiro atoms. The van der Waals surface area contributed by atoms with E-state index in [0.717, 1.165) is 0 Å². The first kappa shape index (κ1) is 17.2. The van der Waals surface area contributed by atoms with Crippen LogP contribution in [0, 0.1) is 5.82 Å². The summed E-state index contributed by atoms with van der Waals surface area (Å²) in [4.78, 5) is 8.50. The Morgan fingerprint density at radius 1 is 1.04 bits per heavy atom. The van der Waals surface area contributed by atoms with Gasteiger partial charge in [0.05, 0.1) is 5.75 Å². The van der Waals surface area contributed by atoms with Crippen LogP contribution in [0.15, 0.2) is 61.1 Å². The number of aromatic nitrogens is 3. The number of halogens is 1. The molecule has 0 aliphatic heterocycles. The van der Waals surface area contributed by atoms with Crippen LogP contribution in [0.4, 0.5) is 4.39 Å². The summed E-state index contributed by atoms with van der Waals surface area (Å²) in [6.07, 6.45) is 5.07. The highest BCUT2D eigenvalue weighted by atomic mass is 32.2. The zero-order valence-corrected chi connectivity index (χ0v) is 14.2. The van der Waals surface area contributed by atoms with Gasteiger partial charge < -0.3 is 4.57 Å². The van der Waals surface area contributed by atoms with Crippen LogP contribution in [0.25, 0.3) is 11.5 Å². The van der Waals surface area contributed by atoms with E-state index in [-0.39, 0.29) is 12.1 Å². The number of sulfonamides is 1. The SMILES string of the molecule is O=S(=O)(Cc1ccccc1F)NCCn1ccnc1-c1ccccn1. The van der Waals surface area contributed by atoms with Gasteiger partial charge in [0, 0.05) is 37.2 Å². The third-order valence-electron chi connectivity index (χ3n) is 3.59. The number of hydrogen-bond acceptors (Lipinski definition) is 4. The lowest BCUT2D eigenvalue weighted by molar-refractivity contribution is 0.567. The lowest BCUT2D eigenvalue weighted by Crippen LogP contribution is -2.29. The zero-order chi connectivity index (χ0) is 17.7. The molecular formula is C17H17FN4O2S. The molecule has 130 valence electrons. The van der Waals surface area contributed by atoms with Crippen molar-refractivity contribution in [3.8, 4) is 11.5 Å². The fraction of sp³-hybridized carbons (Fsp3) is 0.176. The number of hydrogen-bond donors (Lipinski definition) is 1. The molecule has 6 nitrogen and oxygen atoms in total. The molecule has 2 aromatic heterocycles. The highest BCUT2D eigenvalue weighted by Crippen LogP contribution is 2.14. The summed E-state index contributed by atoms with van der Waals surface area (Å²) in [5.41, 5.74) is 0.855. The summed E-state index contributed by atoms with van der Waals surface area (Å²) >= 11 is 0. The number of nitrogens with one attached hydrogen (secondary N) is 1. The minimum absolute atomic E-state index is 0.145. The summed E-state index contributed by atoms with van der Waals surface area (Å²) in [6, 6.07) is 11.3. The first-order valence-corrected chi connectivity index (χ1v) is 9.34. The monoisotopic (exact) mass is 360 g/mol. The van der Waals surface area contributed by atoms with Crippen LogP contribution in [-0.2, 0) is 22.3 Å². The molecule has 1 N–H and O–H groups in total.